The Morgan fingerprint density at radius 3 is 0.966 bits per heavy atom. The van der Waals surface area contributed by atoms with E-state index >= 15 is 0 Å². The predicted octanol–water partition coefficient (Wildman–Crippen LogP) is 23.0. The summed E-state index contributed by atoms with van der Waals surface area (Å²) in [7, 11) is 5.96. The third kappa shape index (κ3) is 69.8. The van der Waals surface area contributed by atoms with Crippen molar-refractivity contribution in [3.8, 4) is 0 Å². The fourth-order valence-corrected chi connectivity index (χ4v) is 10.6. The van der Waals surface area contributed by atoms with Crippen molar-refractivity contribution in [3.05, 3.63) is 85.1 Å². The molecule has 0 heterocycles. The van der Waals surface area contributed by atoms with E-state index in [0.29, 0.717) is 17.4 Å². The number of quaternary nitrogens is 1. The zero-order chi connectivity index (χ0) is 63.3. The van der Waals surface area contributed by atoms with Crippen LogP contribution in [-0.2, 0) is 33.3 Å². The number of carbonyl (C=O) groups is 3. The topological polar surface area (TPSA) is 108 Å². The van der Waals surface area contributed by atoms with E-state index < -0.39 is 24.3 Å². The summed E-state index contributed by atoms with van der Waals surface area (Å²) in [6.07, 6.45) is 90.4. The molecule has 0 bridgehead atoms. The molecule has 0 saturated carbocycles. The Morgan fingerprint density at radius 2 is 0.655 bits per heavy atom. The number of aliphatic carboxylic acids is 1. The van der Waals surface area contributed by atoms with Gasteiger partial charge in [0, 0.05) is 12.8 Å². The third-order valence-electron chi connectivity index (χ3n) is 16.2. The maximum atomic E-state index is 12.9. The minimum Gasteiger partial charge on any atom is -0.477 e. The maximum absolute atomic E-state index is 12.9. The number of rotatable bonds is 68. The molecule has 2 unspecified atom stereocenters. The molecule has 1 N–H and O–H groups in total. The molecular weight excluding hydrogens is 1080 g/mol. The van der Waals surface area contributed by atoms with Crippen LogP contribution in [0.25, 0.3) is 0 Å². The molecule has 0 radical (unpaired) electrons. The quantitative estimate of drug-likeness (QED) is 0.0211. The first kappa shape index (κ1) is 83.5. The van der Waals surface area contributed by atoms with E-state index in [1.54, 1.807) is 0 Å². The van der Waals surface area contributed by atoms with Gasteiger partial charge in [-0.05, 0) is 64.2 Å². The van der Waals surface area contributed by atoms with E-state index in [-0.39, 0.29) is 38.6 Å². The molecule has 0 saturated heterocycles. The number of esters is 2. The average molecular weight is 1220 g/mol. The lowest BCUT2D eigenvalue weighted by atomic mass is 10.0. The van der Waals surface area contributed by atoms with Gasteiger partial charge in [-0.3, -0.25) is 9.59 Å². The molecule has 504 valence electrons. The lowest BCUT2D eigenvalue weighted by molar-refractivity contribution is -0.870. The molecule has 0 aliphatic carbocycles. The maximum Gasteiger partial charge on any atom is 0.361 e. The number of carbonyl (C=O) groups excluding carboxylic acids is 2. The third-order valence-corrected chi connectivity index (χ3v) is 16.2. The highest BCUT2D eigenvalue weighted by molar-refractivity contribution is 5.71. The molecular formula is C78H140NO8+. The number of nitrogens with zero attached hydrogens (tertiary/aromatic N) is 1. The number of carboxylic acid groups (broad SMARTS) is 1. The number of ether oxygens (including phenoxy) is 4. The summed E-state index contributed by atoms with van der Waals surface area (Å²) in [6.45, 7) is 4.73. The number of unbranched alkanes of at least 4 members (excludes halogenated alkanes) is 39. The normalized spacial score (nSPS) is 13.2. The van der Waals surface area contributed by atoms with Crippen LogP contribution in [0.4, 0.5) is 0 Å². The second-order valence-corrected chi connectivity index (χ2v) is 25.9. The molecule has 0 aromatic rings. The highest BCUT2D eigenvalue weighted by Gasteiger charge is 2.25. The van der Waals surface area contributed by atoms with Crippen molar-refractivity contribution in [1.29, 1.82) is 0 Å². The highest BCUT2D eigenvalue weighted by Crippen LogP contribution is 2.19. The minimum atomic E-state index is -1.53. The fraction of sp³-hybridized carbons (Fsp3) is 0.782. The van der Waals surface area contributed by atoms with E-state index in [1.165, 1.54) is 231 Å². The standard InChI is InChI=1S/C78H139NO8/c1-6-8-10-12-14-16-18-20-22-24-26-28-30-31-32-33-34-35-36-37-38-39-40-41-42-43-44-45-47-48-50-52-54-56-58-60-62-64-66-68-75(80)85-72-74(73-86-78(77(82)83)84-71-70-79(3,4)5)87-76(81)69-67-65-63-61-59-57-55-53-51-49-46-29-27-25-23-21-19-17-15-13-11-9-7-2/h9,11,15,17,21,23,27,29,49,51,55,57,61,63,74,78H,6-8,10,12-14,16,18-20,22,24-26,28,30-48,50,52-54,56,58-60,62,64-73H2,1-5H3/p+1/b11-9-,17-15-,23-21-,29-27-,51-49-,57-55-,63-61-. The number of carboxylic acids is 1. The number of hydrogen-bond donors (Lipinski definition) is 1. The van der Waals surface area contributed by atoms with Crippen LogP contribution in [0.1, 0.15) is 335 Å². The van der Waals surface area contributed by atoms with Gasteiger partial charge in [-0.1, -0.05) is 343 Å². The van der Waals surface area contributed by atoms with Crippen molar-refractivity contribution in [1.82, 2.24) is 0 Å². The molecule has 0 fully saturated rings. The molecule has 0 aromatic carbocycles. The van der Waals surface area contributed by atoms with Crippen LogP contribution in [0.5, 0.6) is 0 Å². The van der Waals surface area contributed by atoms with Crippen LogP contribution < -0.4 is 0 Å². The van der Waals surface area contributed by atoms with E-state index in [4.69, 9.17) is 18.9 Å². The predicted molar refractivity (Wildman–Crippen MR) is 373 cm³/mol. The molecule has 0 rings (SSSR count). The Morgan fingerprint density at radius 1 is 0.356 bits per heavy atom. The zero-order valence-corrected chi connectivity index (χ0v) is 57.7. The van der Waals surface area contributed by atoms with Crippen molar-refractivity contribution in [2.24, 2.45) is 0 Å². The highest BCUT2D eigenvalue weighted by atomic mass is 16.7. The van der Waals surface area contributed by atoms with Gasteiger partial charge >= 0.3 is 17.9 Å². The first-order valence-corrected chi connectivity index (χ1v) is 36.8. The summed E-state index contributed by atoms with van der Waals surface area (Å²) in [6, 6.07) is 0. The van der Waals surface area contributed by atoms with Crippen molar-refractivity contribution in [2.75, 3.05) is 47.5 Å². The zero-order valence-electron chi connectivity index (χ0n) is 57.7. The Kier molecular flexibility index (Phi) is 65.6. The van der Waals surface area contributed by atoms with Crippen LogP contribution >= 0.6 is 0 Å². The first-order valence-electron chi connectivity index (χ1n) is 36.8. The average Bonchev–Trinajstić information content (AvgIpc) is 3.50. The van der Waals surface area contributed by atoms with Crippen LogP contribution in [-0.4, -0.2) is 87.4 Å². The molecule has 9 heteroatoms. The number of hydrogen-bond acceptors (Lipinski definition) is 7. The largest absolute Gasteiger partial charge is 0.477 e. The van der Waals surface area contributed by atoms with Gasteiger partial charge in [0.1, 0.15) is 13.2 Å². The summed E-state index contributed by atoms with van der Waals surface area (Å²) >= 11 is 0. The summed E-state index contributed by atoms with van der Waals surface area (Å²) in [5, 5.41) is 9.74. The molecule has 87 heavy (non-hydrogen) atoms. The van der Waals surface area contributed by atoms with Gasteiger partial charge in [0.05, 0.1) is 34.4 Å². The van der Waals surface area contributed by atoms with E-state index in [9.17, 15) is 19.5 Å². The van der Waals surface area contributed by atoms with Crippen LogP contribution in [0.3, 0.4) is 0 Å². The van der Waals surface area contributed by atoms with Gasteiger partial charge < -0.3 is 28.5 Å². The van der Waals surface area contributed by atoms with E-state index in [0.717, 1.165) is 70.6 Å². The Hall–Kier alpha value is -3.53. The SMILES string of the molecule is CC/C=C\C/C=C\C/C=C\C/C=C\C/C=C\C/C=C\C/C=C\CCCC(=O)OC(COC(=O)CCCCCCCCCCCCCCCCCCCCCCCCCCCCCCCCCCCCCCCCC)COC(OCC[N+](C)(C)C)C(=O)O. The molecule has 0 spiro atoms. The summed E-state index contributed by atoms with van der Waals surface area (Å²) in [5.41, 5.74) is 0. The van der Waals surface area contributed by atoms with Gasteiger partial charge in [-0.15, -0.1) is 0 Å². The minimum absolute atomic E-state index is 0.174. The Labute approximate surface area is 538 Å². The Balaban J connectivity index is 4.03. The number of likely N-dealkylation sites (N-methyl/N-ethyl adjacent to an activating group) is 1. The van der Waals surface area contributed by atoms with Crippen molar-refractivity contribution in [3.63, 3.8) is 0 Å². The summed E-state index contributed by atoms with van der Waals surface area (Å²) in [5.74, 6) is -2.08. The van der Waals surface area contributed by atoms with Crippen LogP contribution in [0.15, 0.2) is 85.1 Å². The van der Waals surface area contributed by atoms with Crippen molar-refractivity contribution < 1.29 is 42.9 Å². The lowest BCUT2D eigenvalue weighted by Crippen LogP contribution is -2.40. The van der Waals surface area contributed by atoms with E-state index in [1.807, 2.05) is 21.1 Å². The molecule has 0 aromatic heterocycles. The molecule has 0 amide bonds. The second-order valence-electron chi connectivity index (χ2n) is 25.9. The molecule has 9 nitrogen and oxygen atoms in total. The Bertz CT molecular complexity index is 1700. The monoisotopic (exact) mass is 1220 g/mol. The summed E-state index contributed by atoms with van der Waals surface area (Å²) in [4.78, 5) is 37.6. The van der Waals surface area contributed by atoms with Gasteiger partial charge in [-0.2, -0.15) is 0 Å². The fourth-order valence-electron chi connectivity index (χ4n) is 10.6. The van der Waals surface area contributed by atoms with Crippen molar-refractivity contribution >= 4 is 17.9 Å². The molecule has 2 atom stereocenters. The molecule has 0 aliphatic rings. The van der Waals surface area contributed by atoms with Gasteiger partial charge in [0.25, 0.3) is 6.29 Å². The second kappa shape index (κ2) is 68.4. The van der Waals surface area contributed by atoms with Gasteiger partial charge in [0.2, 0.25) is 0 Å². The van der Waals surface area contributed by atoms with Gasteiger partial charge in [-0.25, -0.2) is 4.79 Å². The first-order chi connectivity index (χ1) is 42.6. The molecule has 0 aliphatic heterocycles. The summed E-state index contributed by atoms with van der Waals surface area (Å²) < 4.78 is 22.9. The van der Waals surface area contributed by atoms with Crippen LogP contribution in [0, 0.1) is 0 Å². The number of allylic oxidation sites excluding steroid dienone is 14. The van der Waals surface area contributed by atoms with Gasteiger partial charge in [0.15, 0.2) is 6.10 Å². The van der Waals surface area contributed by atoms with Crippen LogP contribution in [0.2, 0.25) is 0 Å². The van der Waals surface area contributed by atoms with Crippen molar-refractivity contribution in [2.45, 2.75) is 347 Å². The smallest absolute Gasteiger partial charge is 0.361 e. The lowest BCUT2D eigenvalue weighted by Gasteiger charge is -2.25. The van der Waals surface area contributed by atoms with E-state index in [2.05, 4.69) is 98.9 Å².